The van der Waals surface area contributed by atoms with E-state index in [0.717, 1.165) is 24.0 Å². The fourth-order valence-corrected chi connectivity index (χ4v) is 2.12. The Hall–Kier alpha value is -1.35. The van der Waals surface area contributed by atoms with E-state index in [1.165, 1.54) is 6.92 Å². The minimum Gasteiger partial charge on any atom is -0.507 e. The lowest BCUT2D eigenvalue weighted by molar-refractivity contribution is 0.101. The summed E-state index contributed by atoms with van der Waals surface area (Å²) in [6.45, 7) is 5.66. The second kappa shape index (κ2) is 6.01. The van der Waals surface area contributed by atoms with E-state index < -0.39 is 0 Å². The number of ketones is 1. The molecule has 0 saturated heterocycles. The van der Waals surface area contributed by atoms with Crippen LogP contribution in [0.3, 0.4) is 0 Å². The topological polar surface area (TPSA) is 40.5 Å². The summed E-state index contributed by atoms with van der Waals surface area (Å²) in [6.07, 6.45) is 1.74. The van der Waals surface area contributed by atoms with E-state index in [2.05, 4.69) is 18.7 Å². The Morgan fingerprint density at radius 2 is 2.00 bits per heavy atom. The predicted octanol–water partition coefficient (Wildman–Crippen LogP) is 3.17. The van der Waals surface area contributed by atoms with Crippen LogP contribution in [0, 0.1) is 0 Å². The van der Waals surface area contributed by atoms with Gasteiger partial charge in [0.15, 0.2) is 5.78 Å². The van der Waals surface area contributed by atoms with Gasteiger partial charge in [0.05, 0.1) is 5.56 Å². The molecule has 0 spiro atoms. The van der Waals surface area contributed by atoms with Gasteiger partial charge in [0.1, 0.15) is 5.75 Å². The van der Waals surface area contributed by atoms with Crippen LogP contribution in [0.25, 0.3) is 0 Å². The van der Waals surface area contributed by atoms with Gasteiger partial charge in [0.2, 0.25) is 0 Å². The molecule has 3 nitrogen and oxygen atoms in total. The van der Waals surface area contributed by atoms with Crippen molar-refractivity contribution < 1.29 is 9.90 Å². The quantitative estimate of drug-likeness (QED) is 0.815. The molecule has 0 aromatic heterocycles. The highest BCUT2D eigenvalue weighted by molar-refractivity contribution is 5.97. The number of carbonyl (C=O) groups is 1. The van der Waals surface area contributed by atoms with Gasteiger partial charge in [-0.25, -0.2) is 0 Å². The molecule has 18 heavy (non-hydrogen) atoms. The van der Waals surface area contributed by atoms with Crippen LogP contribution < -0.4 is 0 Å². The first-order chi connectivity index (χ1) is 8.40. The van der Waals surface area contributed by atoms with Crippen LogP contribution in [0.1, 0.15) is 54.7 Å². The SMILES string of the molecule is CCCc1c(C(C)N(C)C)ccc(C(C)=O)c1O. The third kappa shape index (κ3) is 2.91. The maximum Gasteiger partial charge on any atom is 0.163 e. The highest BCUT2D eigenvalue weighted by Gasteiger charge is 2.19. The highest BCUT2D eigenvalue weighted by atomic mass is 16.3. The Morgan fingerprint density at radius 1 is 1.39 bits per heavy atom. The molecule has 0 bridgehead atoms. The van der Waals surface area contributed by atoms with Crippen LogP contribution in [0.4, 0.5) is 0 Å². The third-order valence-electron chi connectivity index (χ3n) is 3.42. The summed E-state index contributed by atoms with van der Waals surface area (Å²) >= 11 is 0. The van der Waals surface area contributed by atoms with Crippen molar-refractivity contribution in [1.29, 1.82) is 0 Å². The molecule has 1 aromatic carbocycles. The highest BCUT2D eigenvalue weighted by Crippen LogP contribution is 2.32. The Kier molecular flexibility index (Phi) is 4.91. The summed E-state index contributed by atoms with van der Waals surface area (Å²) < 4.78 is 0. The zero-order chi connectivity index (χ0) is 13.9. The van der Waals surface area contributed by atoms with Gasteiger partial charge in [-0.3, -0.25) is 4.79 Å². The predicted molar refractivity (Wildman–Crippen MR) is 74.2 cm³/mol. The minimum atomic E-state index is -0.0890. The maximum absolute atomic E-state index is 11.5. The normalized spacial score (nSPS) is 12.8. The molecule has 0 aliphatic carbocycles. The molecule has 1 rings (SSSR count). The number of aromatic hydroxyl groups is 1. The Labute approximate surface area is 109 Å². The maximum atomic E-state index is 11.5. The van der Waals surface area contributed by atoms with Crippen molar-refractivity contribution in [3.05, 3.63) is 28.8 Å². The largest absolute Gasteiger partial charge is 0.507 e. The molecule has 0 heterocycles. The molecule has 3 heteroatoms. The molecule has 0 aliphatic heterocycles. The van der Waals surface area contributed by atoms with Gasteiger partial charge in [-0.05, 0) is 51.6 Å². The first kappa shape index (κ1) is 14.7. The Bertz CT molecular complexity index is 438. The van der Waals surface area contributed by atoms with E-state index in [0.29, 0.717) is 5.56 Å². The Balaban J connectivity index is 3.35. The first-order valence-electron chi connectivity index (χ1n) is 6.42. The number of nitrogens with zero attached hydrogens (tertiary/aromatic N) is 1. The van der Waals surface area contributed by atoms with E-state index in [1.807, 2.05) is 20.2 Å². The molecule has 0 radical (unpaired) electrons. The molecule has 1 atom stereocenters. The molecular formula is C15H23NO2. The molecule has 1 N–H and O–H groups in total. The monoisotopic (exact) mass is 249 g/mol. The zero-order valence-electron chi connectivity index (χ0n) is 11.9. The molecule has 0 fully saturated rings. The van der Waals surface area contributed by atoms with E-state index in [4.69, 9.17) is 0 Å². The fraction of sp³-hybridized carbons (Fsp3) is 0.533. The minimum absolute atomic E-state index is 0.0890. The van der Waals surface area contributed by atoms with Crippen molar-refractivity contribution in [1.82, 2.24) is 4.90 Å². The second-order valence-corrected chi connectivity index (χ2v) is 4.98. The lowest BCUT2D eigenvalue weighted by atomic mass is 9.93. The van der Waals surface area contributed by atoms with E-state index >= 15 is 0 Å². The summed E-state index contributed by atoms with van der Waals surface area (Å²) in [5.41, 5.74) is 2.43. The summed E-state index contributed by atoms with van der Waals surface area (Å²) in [4.78, 5) is 13.6. The number of rotatable bonds is 5. The zero-order valence-corrected chi connectivity index (χ0v) is 11.9. The standard InChI is InChI=1S/C15H23NO2/c1-6-7-14-12(10(2)16(4)5)8-9-13(11(3)17)15(14)18/h8-10,18H,6-7H2,1-5H3. The first-order valence-corrected chi connectivity index (χ1v) is 6.42. The molecule has 100 valence electrons. The van der Waals surface area contributed by atoms with Crippen LogP contribution in [0.5, 0.6) is 5.75 Å². The number of phenols is 1. The van der Waals surface area contributed by atoms with Gasteiger partial charge in [-0.15, -0.1) is 0 Å². The molecule has 1 aromatic rings. The summed E-state index contributed by atoms with van der Waals surface area (Å²) in [5.74, 6) is 0.0736. The van der Waals surface area contributed by atoms with E-state index in [-0.39, 0.29) is 17.6 Å². The lowest BCUT2D eigenvalue weighted by Crippen LogP contribution is -2.18. The lowest BCUT2D eigenvalue weighted by Gasteiger charge is -2.24. The molecule has 1 unspecified atom stereocenters. The van der Waals surface area contributed by atoms with Crippen molar-refractivity contribution in [3.63, 3.8) is 0 Å². The summed E-state index contributed by atoms with van der Waals surface area (Å²) in [6, 6.07) is 3.91. The number of benzene rings is 1. The van der Waals surface area contributed by atoms with Crippen molar-refractivity contribution in [2.24, 2.45) is 0 Å². The number of phenolic OH excluding ortho intramolecular Hbond substituents is 1. The molecule has 0 saturated carbocycles. The van der Waals surface area contributed by atoms with Gasteiger partial charge in [-0.2, -0.15) is 0 Å². The summed E-state index contributed by atoms with van der Waals surface area (Å²) in [5, 5.41) is 10.3. The van der Waals surface area contributed by atoms with Crippen LogP contribution in [0.15, 0.2) is 12.1 Å². The van der Waals surface area contributed by atoms with Crippen molar-refractivity contribution in [2.75, 3.05) is 14.1 Å². The van der Waals surface area contributed by atoms with Crippen LogP contribution in [-0.4, -0.2) is 29.9 Å². The van der Waals surface area contributed by atoms with Gasteiger partial charge < -0.3 is 10.0 Å². The second-order valence-electron chi connectivity index (χ2n) is 4.98. The van der Waals surface area contributed by atoms with Gasteiger partial charge >= 0.3 is 0 Å². The molecular weight excluding hydrogens is 226 g/mol. The Morgan fingerprint density at radius 3 is 2.44 bits per heavy atom. The number of hydrogen-bond acceptors (Lipinski definition) is 3. The van der Waals surface area contributed by atoms with Gasteiger partial charge in [-0.1, -0.05) is 19.4 Å². The van der Waals surface area contributed by atoms with Crippen molar-refractivity contribution in [2.45, 2.75) is 39.7 Å². The van der Waals surface area contributed by atoms with Crippen molar-refractivity contribution in [3.8, 4) is 5.75 Å². The molecule has 0 amide bonds. The third-order valence-corrected chi connectivity index (χ3v) is 3.42. The van der Waals surface area contributed by atoms with Gasteiger partial charge in [0, 0.05) is 6.04 Å². The van der Waals surface area contributed by atoms with Crippen LogP contribution in [-0.2, 0) is 6.42 Å². The van der Waals surface area contributed by atoms with E-state index in [9.17, 15) is 9.90 Å². The number of Topliss-reactive ketones (excluding diaryl/α,β-unsaturated/α-hetero) is 1. The van der Waals surface area contributed by atoms with Crippen LogP contribution >= 0.6 is 0 Å². The fourth-order valence-electron chi connectivity index (χ4n) is 2.12. The number of hydrogen-bond donors (Lipinski definition) is 1. The van der Waals surface area contributed by atoms with Gasteiger partial charge in [0.25, 0.3) is 0 Å². The smallest absolute Gasteiger partial charge is 0.163 e. The molecule has 0 aliphatic rings. The number of carbonyl (C=O) groups excluding carboxylic acids is 1. The summed E-state index contributed by atoms with van der Waals surface area (Å²) in [7, 11) is 4.02. The average Bonchev–Trinajstić information content (AvgIpc) is 2.30. The van der Waals surface area contributed by atoms with Crippen LogP contribution in [0.2, 0.25) is 0 Å². The van der Waals surface area contributed by atoms with Crippen molar-refractivity contribution >= 4 is 5.78 Å². The average molecular weight is 249 g/mol. The van der Waals surface area contributed by atoms with E-state index in [1.54, 1.807) is 6.07 Å².